The molecule has 0 atom stereocenters. The molecule has 18 heavy (non-hydrogen) atoms. The monoisotopic (exact) mass is 259 g/mol. The van der Waals surface area contributed by atoms with Crippen LogP contribution in [0.2, 0.25) is 0 Å². The molecule has 0 aliphatic carbocycles. The van der Waals surface area contributed by atoms with E-state index in [4.69, 9.17) is 10.9 Å². The number of hydrogen-bond acceptors (Lipinski definition) is 4. The molecule has 0 unspecified atom stereocenters. The summed E-state index contributed by atoms with van der Waals surface area (Å²) in [5.41, 5.74) is 7.14. The van der Waals surface area contributed by atoms with Crippen LogP contribution in [0.25, 0.3) is 0 Å². The first-order valence-electron chi connectivity index (χ1n) is 5.38. The minimum atomic E-state index is 0.0161. The molecular formula is C13H13N3OS. The molecule has 0 spiro atoms. The summed E-state index contributed by atoms with van der Waals surface area (Å²) < 4.78 is 0. The molecule has 3 N–H and O–H groups in total. The van der Waals surface area contributed by atoms with Crippen LogP contribution in [-0.2, 0) is 0 Å². The molecule has 0 saturated heterocycles. The molecule has 1 aromatic heterocycles. The lowest BCUT2D eigenvalue weighted by Gasteiger charge is -2.05. The highest BCUT2D eigenvalue weighted by Crippen LogP contribution is 2.29. The van der Waals surface area contributed by atoms with Crippen LogP contribution in [0.15, 0.2) is 57.5 Å². The first-order chi connectivity index (χ1) is 8.70. The standard InChI is InChI=1S/C13H13N3OS/c1-9-4-2-3-5-12(9)18-10-6-7-11(15-8-10)13(14)16-17/h2-8,17H,1H3,(H2,14,16). The summed E-state index contributed by atoms with van der Waals surface area (Å²) in [5, 5.41) is 11.5. The number of aromatic nitrogens is 1. The molecule has 92 valence electrons. The molecule has 0 fully saturated rings. The quantitative estimate of drug-likeness (QED) is 0.385. The summed E-state index contributed by atoms with van der Waals surface area (Å²) in [6.07, 6.45) is 1.71. The van der Waals surface area contributed by atoms with Crippen molar-refractivity contribution in [2.45, 2.75) is 16.7 Å². The van der Waals surface area contributed by atoms with Crippen LogP contribution >= 0.6 is 11.8 Å². The number of oxime groups is 1. The van der Waals surface area contributed by atoms with E-state index >= 15 is 0 Å². The van der Waals surface area contributed by atoms with E-state index in [0.717, 1.165) is 4.90 Å². The fourth-order valence-electron chi connectivity index (χ4n) is 1.44. The van der Waals surface area contributed by atoms with Crippen molar-refractivity contribution in [3.05, 3.63) is 53.9 Å². The molecular weight excluding hydrogens is 246 g/mol. The fourth-order valence-corrected chi connectivity index (χ4v) is 2.31. The van der Waals surface area contributed by atoms with E-state index in [0.29, 0.717) is 5.69 Å². The smallest absolute Gasteiger partial charge is 0.188 e. The second-order valence-corrected chi connectivity index (χ2v) is 4.85. The molecule has 0 saturated carbocycles. The molecule has 2 aromatic rings. The Kier molecular flexibility index (Phi) is 3.84. The average molecular weight is 259 g/mol. The molecule has 4 nitrogen and oxygen atoms in total. The van der Waals surface area contributed by atoms with Crippen molar-refractivity contribution < 1.29 is 5.21 Å². The normalized spacial score (nSPS) is 11.5. The average Bonchev–Trinajstić information content (AvgIpc) is 2.41. The molecule has 0 aliphatic rings. The molecule has 2 rings (SSSR count). The summed E-state index contributed by atoms with van der Waals surface area (Å²) in [4.78, 5) is 6.34. The van der Waals surface area contributed by atoms with E-state index < -0.39 is 0 Å². The third kappa shape index (κ3) is 2.81. The largest absolute Gasteiger partial charge is 0.409 e. The number of nitrogens with zero attached hydrogens (tertiary/aromatic N) is 2. The molecule has 5 heteroatoms. The van der Waals surface area contributed by atoms with Gasteiger partial charge in [-0.2, -0.15) is 0 Å². The Labute approximate surface area is 110 Å². The predicted octanol–water partition coefficient (Wildman–Crippen LogP) is 2.64. The number of pyridine rings is 1. The summed E-state index contributed by atoms with van der Waals surface area (Å²) in [7, 11) is 0. The van der Waals surface area contributed by atoms with Crippen molar-refractivity contribution in [2.24, 2.45) is 10.9 Å². The van der Waals surface area contributed by atoms with Crippen molar-refractivity contribution >= 4 is 17.6 Å². The number of nitrogens with two attached hydrogens (primary N) is 1. The van der Waals surface area contributed by atoms with Gasteiger partial charge in [-0.1, -0.05) is 35.1 Å². The highest BCUT2D eigenvalue weighted by atomic mass is 32.2. The zero-order valence-corrected chi connectivity index (χ0v) is 10.7. The van der Waals surface area contributed by atoms with Crippen LogP contribution < -0.4 is 5.73 Å². The topological polar surface area (TPSA) is 71.5 Å². The van der Waals surface area contributed by atoms with E-state index in [1.165, 1.54) is 10.5 Å². The maximum atomic E-state index is 8.55. The molecule has 0 radical (unpaired) electrons. The lowest BCUT2D eigenvalue weighted by Crippen LogP contribution is -2.14. The minimum Gasteiger partial charge on any atom is -0.409 e. The molecule has 0 aliphatic heterocycles. The lowest BCUT2D eigenvalue weighted by atomic mass is 10.2. The summed E-state index contributed by atoms with van der Waals surface area (Å²) in [6.45, 7) is 2.07. The van der Waals surface area contributed by atoms with Crippen molar-refractivity contribution in [1.82, 2.24) is 4.98 Å². The highest BCUT2D eigenvalue weighted by Gasteiger charge is 2.03. The second kappa shape index (κ2) is 5.55. The fraction of sp³-hybridized carbons (Fsp3) is 0.0769. The second-order valence-electron chi connectivity index (χ2n) is 3.73. The predicted molar refractivity (Wildman–Crippen MR) is 72.0 cm³/mol. The zero-order chi connectivity index (χ0) is 13.0. The molecule has 0 bridgehead atoms. The third-order valence-electron chi connectivity index (χ3n) is 2.43. The van der Waals surface area contributed by atoms with Crippen LogP contribution in [0.4, 0.5) is 0 Å². The lowest BCUT2D eigenvalue weighted by molar-refractivity contribution is 0.318. The van der Waals surface area contributed by atoms with Crippen LogP contribution in [0, 0.1) is 6.92 Å². The van der Waals surface area contributed by atoms with E-state index in [9.17, 15) is 0 Å². The first-order valence-corrected chi connectivity index (χ1v) is 6.20. The van der Waals surface area contributed by atoms with E-state index in [1.54, 1.807) is 24.0 Å². The third-order valence-corrected chi connectivity index (χ3v) is 3.58. The minimum absolute atomic E-state index is 0.0161. The Morgan fingerprint density at radius 2 is 2.06 bits per heavy atom. The van der Waals surface area contributed by atoms with Crippen molar-refractivity contribution in [1.29, 1.82) is 0 Å². The van der Waals surface area contributed by atoms with Gasteiger partial charge in [0.1, 0.15) is 5.69 Å². The number of benzene rings is 1. The van der Waals surface area contributed by atoms with Crippen molar-refractivity contribution in [3.8, 4) is 0 Å². The van der Waals surface area contributed by atoms with Gasteiger partial charge in [-0.15, -0.1) is 0 Å². The molecule has 0 amide bonds. The van der Waals surface area contributed by atoms with Gasteiger partial charge in [-0.3, -0.25) is 4.98 Å². The number of amidine groups is 1. The van der Waals surface area contributed by atoms with Gasteiger partial charge >= 0.3 is 0 Å². The van der Waals surface area contributed by atoms with E-state index in [2.05, 4.69) is 29.2 Å². The Morgan fingerprint density at radius 3 is 2.67 bits per heavy atom. The maximum absolute atomic E-state index is 8.55. The van der Waals surface area contributed by atoms with Gasteiger partial charge in [0, 0.05) is 16.0 Å². The van der Waals surface area contributed by atoms with E-state index in [1.807, 2.05) is 18.2 Å². The van der Waals surface area contributed by atoms with Crippen molar-refractivity contribution in [2.75, 3.05) is 0 Å². The highest BCUT2D eigenvalue weighted by molar-refractivity contribution is 7.99. The van der Waals surface area contributed by atoms with Crippen LogP contribution in [0.5, 0.6) is 0 Å². The van der Waals surface area contributed by atoms with Gasteiger partial charge in [-0.05, 0) is 30.7 Å². The Bertz CT molecular complexity index is 567. The van der Waals surface area contributed by atoms with Gasteiger partial charge in [0.05, 0.1) is 0 Å². The van der Waals surface area contributed by atoms with Crippen LogP contribution in [-0.4, -0.2) is 16.0 Å². The van der Waals surface area contributed by atoms with Gasteiger partial charge in [0.2, 0.25) is 0 Å². The van der Waals surface area contributed by atoms with Crippen LogP contribution in [0.3, 0.4) is 0 Å². The molecule has 1 heterocycles. The molecule has 1 aromatic carbocycles. The van der Waals surface area contributed by atoms with E-state index in [-0.39, 0.29) is 5.84 Å². The number of hydrogen-bond donors (Lipinski definition) is 2. The summed E-state index contributed by atoms with van der Waals surface area (Å²) >= 11 is 1.64. The number of rotatable bonds is 3. The SMILES string of the molecule is Cc1ccccc1Sc1ccc(/C(N)=N/O)nc1. The van der Waals surface area contributed by atoms with Gasteiger partial charge in [0.25, 0.3) is 0 Å². The van der Waals surface area contributed by atoms with Gasteiger partial charge in [-0.25, -0.2) is 0 Å². The van der Waals surface area contributed by atoms with Crippen LogP contribution in [0.1, 0.15) is 11.3 Å². The Hall–Kier alpha value is -2.01. The summed E-state index contributed by atoms with van der Waals surface area (Å²) in [6, 6.07) is 11.8. The maximum Gasteiger partial charge on any atom is 0.188 e. The Balaban J connectivity index is 2.19. The Morgan fingerprint density at radius 1 is 1.28 bits per heavy atom. The zero-order valence-electron chi connectivity index (χ0n) is 9.87. The first kappa shape index (κ1) is 12.4. The van der Waals surface area contributed by atoms with Crippen molar-refractivity contribution in [3.63, 3.8) is 0 Å². The number of aryl methyl sites for hydroxylation is 1. The van der Waals surface area contributed by atoms with Gasteiger partial charge < -0.3 is 10.9 Å². The van der Waals surface area contributed by atoms with Gasteiger partial charge in [0.15, 0.2) is 5.84 Å². The summed E-state index contributed by atoms with van der Waals surface area (Å²) in [5.74, 6) is 0.0161.